The van der Waals surface area contributed by atoms with E-state index in [1.165, 1.54) is 10.0 Å². The van der Waals surface area contributed by atoms with Crippen LogP contribution in [-0.4, -0.2) is 22.1 Å². The Labute approximate surface area is 108 Å². The van der Waals surface area contributed by atoms with Crippen molar-refractivity contribution in [3.63, 3.8) is 0 Å². The van der Waals surface area contributed by atoms with E-state index in [2.05, 4.69) is 47.4 Å². The van der Waals surface area contributed by atoms with Crippen LogP contribution in [0.1, 0.15) is 5.56 Å². The van der Waals surface area contributed by atoms with Gasteiger partial charge >= 0.3 is 108 Å². The Hall–Kier alpha value is -1.50. The van der Waals surface area contributed by atoms with Crippen molar-refractivity contribution in [3.8, 4) is 5.75 Å². The number of rotatable bonds is 4. The van der Waals surface area contributed by atoms with Gasteiger partial charge in [0.2, 0.25) is 0 Å². The van der Waals surface area contributed by atoms with E-state index in [1.54, 1.807) is 7.11 Å². The molecule has 17 heavy (non-hydrogen) atoms. The molecular weight excluding hydrogens is 275 g/mol. The second-order valence-electron chi connectivity index (χ2n) is 3.51. The maximum absolute atomic E-state index is 5.12. The summed E-state index contributed by atoms with van der Waals surface area (Å²) >= 11 is 0.404. The third kappa shape index (κ3) is 3.77. The average molecular weight is 289 g/mol. The van der Waals surface area contributed by atoms with Crippen molar-refractivity contribution in [3.05, 3.63) is 65.1 Å². The summed E-state index contributed by atoms with van der Waals surface area (Å²) in [5, 5.41) is 0. The van der Waals surface area contributed by atoms with Crippen molar-refractivity contribution in [2.24, 2.45) is 0 Å². The predicted octanol–water partition coefficient (Wildman–Crippen LogP) is 2.70. The standard InChI is InChI=1S/C15H14OSe/c1-16-14-9-7-13(8-10-14)11-12-17-15-5-3-2-4-6-15/h2-12H,1H3. The summed E-state index contributed by atoms with van der Waals surface area (Å²) in [6.45, 7) is 0. The molecule has 0 aliphatic rings. The van der Waals surface area contributed by atoms with E-state index >= 15 is 0 Å². The molecule has 0 fully saturated rings. The summed E-state index contributed by atoms with van der Waals surface area (Å²) in [6, 6.07) is 18.6. The first-order chi connectivity index (χ1) is 8.38. The monoisotopic (exact) mass is 290 g/mol. The number of hydrogen-bond donors (Lipinski definition) is 0. The van der Waals surface area contributed by atoms with Crippen LogP contribution in [0.2, 0.25) is 0 Å². The van der Waals surface area contributed by atoms with Crippen molar-refractivity contribution < 1.29 is 4.74 Å². The molecular formula is C15H14OSe. The summed E-state index contributed by atoms with van der Waals surface area (Å²) in [6.07, 6.45) is 2.16. The summed E-state index contributed by atoms with van der Waals surface area (Å²) in [4.78, 5) is 2.24. The molecule has 0 atom stereocenters. The Morgan fingerprint density at radius 3 is 2.29 bits per heavy atom. The molecule has 0 saturated heterocycles. The minimum absolute atomic E-state index is 0.404. The molecule has 0 spiro atoms. The van der Waals surface area contributed by atoms with Crippen LogP contribution >= 0.6 is 0 Å². The van der Waals surface area contributed by atoms with Gasteiger partial charge in [0.25, 0.3) is 0 Å². The topological polar surface area (TPSA) is 9.23 Å². The van der Waals surface area contributed by atoms with Crippen molar-refractivity contribution in [2.75, 3.05) is 7.11 Å². The fourth-order valence-electron chi connectivity index (χ4n) is 1.41. The van der Waals surface area contributed by atoms with Gasteiger partial charge in [-0.15, -0.1) is 0 Å². The molecule has 0 heterocycles. The predicted molar refractivity (Wildman–Crippen MR) is 73.9 cm³/mol. The zero-order valence-corrected chi connectivity index (χ0v) is 11.4. The second-order valence-corrected chi connectivity index (χ2v) is 5.56. The second kappa shape index (κ2) is 6.29. The van der Waals surface area contributed by atoms with E-state index in [9.17, 15) is 0 Å². The van der Waals surface area contributed by atoms with Crippen molar-refractivity contribution >= 4 is 25.5 Å². The zero-order valence-electron chi connectivity index (χ0n) is 9.67. The van der Waals surface area contributed by atoms with Crippen LogP contribution in [0.3, 0.4) is 0 Å². The molecule has 2 heteroatoms. The molecule has 0 bridgehead atoms. The molecule has 0 unspecified atom stereocenters. The number of hydrogen-bond acceptors (Lipinski definition) is 1. The van der Waals surface area contributed by atoms with Crippen molar-refractivity contribution in [2.45, 2.75) is 0 Å². The molecule has 0 aliphatic carbocycles. The molecule has 0 radical (unpaired) electrons. The third-order valence-corrected chi connectivity index (χ3v) is 4.04. The van der Waals surface area contributed by atoms with E-state index in [-0.39, 0.29) is 0 Å². The van der Waals surface area contributed by atoms with Gasteiger partial charge in [0.1, 0.15) is 0 Å². The molecule has 0 saturated carbocycles. The van der Waals surface area contributed by atoms with Gasteiger partial charge in [0, 0.05) is 0 Å². The van der Waals surface area contributed by atoms with Gasteiger partial charge < -0.3 is 0 Å². The van der Waals surface area contributed by atoms with Crippen LogP contribution in [-0.2, 0) is 0 Å². The van der Waals surface area contributed by atoms with Gasteiger partial charge in [-0.2, -0.15) is 0 Å². The molecule has 2 rings (SSSR count). The normalized spacial score (nSPS) is 10.6. The Kier molecular flexibility index (Phi) is 4.43. The SMILES string of the molecule is COc1ccc(C=C[Se]c2ccccc2)cc1. The summed E-state index contributed by atoms with van der Waals surface area (Å²) in [7, 11) is 1.68. The van der Waals surface area contributed by atoms with Crippen molar-refractivity contribution in [1.29, 1.82) is 0 Å². The van der Waals surface area contributed by atoms with E-state index in [0.717, 1.165) is 5.75 Å². The molecule has 1 nitrogen and oxygen atoms in total. The average Bonchev–Trinajstić information content (AvgIpc) is 2.41. The summed E-state index contributed by atoms with van der Waals surface area (Å²) in [5.74, 6) is 0.899. The number of benzene rings is 2. The zero-order chi connectivity index (χ0) is 11.9. The van der Waals surface area contributed by atoms with Crippen LogP contribution < -0.4 is 9.20 Å². The first-order valence-corrected chi connectivity index (χ1v) is 7.25. The molecule has 0 amide bonds. The molecule has 0 N–H and O–H groups in total. The fraction of sp³-hybridized carbons (Fsp3) is 0.0667. The van der Waals surface area contributed by atoms with E-state index in [4.69, 9.17) is 4.74 Å². The number of methoxy groups -OCH3 is 1. The molecule has 2 aromatic carbocycles. The Morgan fingerprint density at radius 1 is 0.941 bits per heavy atom. The maximum atomic E-state index is 5.12. The van der Waals surface area contributed by atoms with E-state index < -0.39 is 0 Å². The molecule has 0 aliphatic heterocycles. The molecule has 0 aromatic heterocycles. The summed E-state index contributed by atoms with van der Waals surface area (Å²) in [5.41, 5.74) is 1.21. The van der Waals surface area contributed by atoms with Gasteiger partial charge in [-0.25, -0.2) is 0 Å². The first-order valence-electron chi connectivity index (χ1n) is 5.41. The van der Waals surface area contributed by atoms with Gasteiger partial charge in [0.15, 0.2) is 0 Å². The van der Waals surface area contributed by atoms with Gasteiger partial charge in [-0.1, -0.05) is 0 Å². The van der Waals surface area contributed by atoms with Crippen LogP contribution in [0.5, 0.6) is 5.75 Å². The Morgan fingerprint density at radius 2 is 1.65 bits per heavy atom. The summed E-state index contributed by atoms with van der Waals surface area (Å²) < 4.78 is 6.52. The first kappa shape index (κ1) is 12.0. The Balaban J connectivity index is 1.96. The van der Waals surface area contributed by atoms with Gasteiger partial charge in [-0.05, 0) is 0 Å². The molecule has 2 aromatic rings. The van der Waals surface area contributed by atoms with Crippen LogP contribution in [0.25, 0.3) is 6.08 Å². The minimum atomic E-state index is 0.404. The van der Waals surface area contributed by atoms with E-state index in [1.807, 2.05) is 18.2 Å². The van der Waals surface area contributed by atoms with Crippen LogP contribution in [0.15, 0.2) is 59.6 Å². The van der Waals surface area contributed by atoms with Crippen molar-refractivity contribution in [1.82, 2.24) is 0 Å². The van der Waals surface area contributed by atoms with Gasteiger partial charge in [-0.3, -0.25) is 0 Å². The van der Waals surface area contributed by atoms with E-state index in [0.29, 0.717) is 15.0 Å². The van der Waals surface area contributed by atoms with Crippen LogP contribution in [0.4, 0.5) is 0 Å². The van der Waals surface area contributed by atoms with Gasteiger partial charge in [0.05, 0.1) is 0 Å². The fourth-order valence-corrected chi connectivity index (χ4v) is 2.87. The quantitative estimate of drug-likeness (QED) is 0.786. The number of ether oxygens (including phenoxy) is 1. The third-order valence-electron chi connectivity index (χ3n) is 2.32. The van der Waals surface area contributed by atoms with Crippen LogP contribution in [0, 0.1) is 0 Å². The molecule has 86 valence electrons. The Bertz CT molecular complexity index is 474.